The molecule has 1 fully saturated rings. The number of amides is 1. The minimum absolute atomic E-state index is 0.170. The molecule has 1 N–H and O–H groups in total. The van der Waals surface area contributed by atoms with Crippen LogP contribution in [-0.4, -0.2) is 26.7 Å². The number of benzene rings is 1. The Morgan fingerprint density at radius 1 is 1.19 bits per heavy atom. The van der Waals surface area contributed by atoms with Gasteiger partial charge in [0, 0.05) is 6.04 Å². The van der Waals surface area contributed by atoms with Crippen LogP contribution in [0.4, 0.5) is 0 Å². The Labute approximate surface area is 152 Å². The van der Waals surface area contributed by atoms with E-state index in [1.165, 1.54) is 6.42 Å². The topological polar surface area (TPSA) is 73.0 Å². The van der Waals surface area contributed by atoms with Crippen LogP contribution in [0, 0.1) is 6.92 Å². The van der Waals surface area contributed by atoms with E-state index in [1.54, 1.807) is 17.0 Å². The first-order valence-corrected chi connectivity index (χ1v) is 9.09. The minimum atomic E-state index is -0.226. The van der Waals surface area contributed by atoms with Gasteiger partial charge in [-0.1, -0.05) is 31.4 Å². The number of nitrogens with zero attached hydrogens (tertiary/aromatic N) is 3. The van der Waals surface area contributed by atoms with Crippen molar-refractivity contribution in [2.75, 3.05) is 0 Å². The van der Waals surface area contributed by atoms with E-state index in [2.05, 4.69) is 15.4 Å². The Hall–Kier alpha value is -2.89. The summed E-state index contributed by atoms with van der Waals surface area (Å²) in [5.41, 5.74) is 1.96. The molecule has 2 aromatic heterocycles. The molecule has 3 aromatic rings. The SMILES string of the molecule is Cc1cccc(-n2nc(C(=O)NC3CCCCC3)nc2-c2ccco2)c1. The molecule has 6 heteroatoms. The summed E-state index contributed by atoms with van der Waals surface area (Å²) in [5, 5.41) is 7.55. The van der Waals surface area contributed by atoms with Crippen LogP contribution in [0.2, 0.25) is 0 Å². The Morgan fingerprint density at radius 3 is 2.77 bits per heavy atom. The van der Waals surface area contributed by atoms with Gasteiger partial charge >= 0.3 is 0 Å². The van der Waals surface area contributed by atoms with Gasteiger partial charge in [0.15, 0.2) is 11.6 Å². The summed E-state index contributed by atoms with van der Waals surface area (Å²) < 4.78 is 7.17. The number of carbonyl (C=O) groups excluding carboxylic acids is 1. The summed E-state index contributed by atoms with van der Waals surface area (Å²) in [7, 11) is 0. The molecular weight excluding hydrogens is 328 g/mol. The fourth-order valence-corrected chi connectivity index (χ4v) is 3.41. The molecule has 2 heterocycles. The monoisotopic (exact) mass is 350 g/mol. The van der Waals surface area contributed by atoms with E-state index in [1.807, 2.05) is 37.3 Å². The van der Waals surface area contributed by atoms with Crippen molar-refractivity contribution in [2.45, 2.75) is 45.1 Å². The highest BCUT2D eigenvalue weighted by molar-refractivity contribution is 5.91. The molecule has 0 aliphatic heterocycles. The molecule has 1 amide bonds. The van der Waals surface area contributed by atoms with Crippen LogP contribution in [-0.2, 0) is 0 Å². The lowest BCUT2D eigenvalue weighted by Crippen LogP contribution is -2.36. The molecule has 134 valence electrons. The number of furan rings is 1. The molecule has 6 nitrogen and oxygen atoms in total. The number of nitrogens with one attached hydrogen (secondary N) is 1. The maximum atomic E-state index is 12.7. The lowest BCUT2D eigenvalue weighted by atomic mass is 9.95. The maximum Gasteiger partial charge on any atom is 0.291 e. The lowest BCUT2D eigenvalue weighted by molar-refractivity contribution is 0.0917. The van der Waals surface area contributed by atoms with E-state index < -0.39 is 0 Å². The van der Waals surface area contributed by atoms with Gasteiger partial charge in [0.05, 0.1) is 12.0 Å². The van der Waals surface area contributed by atoms with Crippen molar-refractivity contribution in [3.63, 3.8) is 0 Å². The second-order valence-corrected chi connectivity index (χ2v) is 6.80. The average Bonchev–Trinajstić information content (AvgIpc) is 3.32. The third-order valence-electron chi connectivity index (χ3n) is 4.74. The maximum absolute atomic E-state index is 12.7. The van der Waals surface area contributed by atoms with E-state index >= 15 is 0 Å². The van der Waals surface area contributed by atoms with Crippen LogP contribution >= 0.6 is 0 Å². The third kappa shape index (κ3) is 3.40. The fourth-order valence-electron chi connectivity index (χ4n) is 3.41. The molecule has 0 unspecified atom stereocenters. The number of rotatable bonds is 4. The predicted molar refractivity (Wildman–Crippen MR) is 98.1 cm³/mol. The van der Waals surface area contributed by atoms with Gasteiger partial charge in [-0.25, -0.2) is 4.68 Å². The first kappa shape index (κ1) is 16.6. The van der Waals surface area contributed by atoms with Crippen molar-refractivity contribution in [1.29, 1.82) is 0 Å². The van der Waals surface area contributed by atoms with Crippen molar-refractivity contribution < 1.29 is 9.21 Å². The van der Waals surface area contributed by atoms with Gasteiger partial charge in [0.2, 0.25) is 5.82 Å². The van der Waals surface area contributed by atoms with Gasteiger partial charge in [-0.15, -0.1) is 5.10 Å². The van der Waals surface area contributed by atoms with Crippen molar-refractivity contribution in [3.8, 4) is 17.3 Å². The Kier molecular flexibility index (Phi) is 4.56. The fraction of sp³-hybridized carbons (Fsp3) is 0.350. The summed E-state index contributed by atoms with van der Waals surface area (Å²) in [4.78, 5) is 17.1. The highest BCUT2D eigenvalue weighted by atomic mass is 16.3. The summed E-state index contributed by atoms with van der Waals surface area (Å²) in [5.74, 6) is 1.05. The van der Waals surface area contributed by atoms with Crippen molar-refractivity contribution >= 4 is 5.91 Å². The quantitative estimate of drug-likeness (QED) is 0.774. The lowest BCUT2D eigenvalue weighted by Gasteiger charge is -2.21. The molecule has 0 spiro atoms. The van der Waals surface area contributed by atoms with Crippen molar-refractivity contribution in [3.05, 3.63) is 54.0 Å². The van der Waals surface area contributed by atoms with Crippen LogP contribution in [0.25, 0.3) is 17.3 Å². The van der Waals surface area contributed by atoms with Crippen molar-refractivity contribution in [2.24, 2.45) is 0 Å². The average molecular weight is 350 g/mol. The summed E-state index contributed by atoms with van der Waals surface area (Å²) in [6, 6.07) is 11.8. The zero-order chi connectivity index (χ0) is 17.9. The molecule has 26 heavy (non-hydrogen) atoms. The third-order valence-corrected chi connectivity index (χ3v) is 4.74. The minimum Gasteiger partial charge on any atom is -0.461 e. The normalized spacial score (nSPS) is 15.1. The standard InChI is InChI=1S/C20H22N4O2/c1-14-7-5-10-16(13-14)24-19(17-11-6-12-26-17)22-18(23-24)20(25)21-15-8-3-2-4-9-15/h5-7,10-13,15H,2-4,8-9H2,1H3,(H,21,25). The Balaban J connectivity index is 1.68. The predicted octanol–water partition coefficient (Wildman–Crippen LogP) is 3.90. The largest absolute Gasteiger partial charge is 0.461 e. The van der Waals surface area contributed by atoms with E-state index in [4.69, 9.17) is 4.42 Å². The number of aryl methyl sites for hydroxylation is 1. The zero-order valence-corrected chi connectivity index (χ0v) is 14.8. The zero-order valence-electron chi connectivity index (χ0n) is 14.8. The van der Waals surface area contributed by atoms with Gasteiger partial charge in [-0.05, 0) is 49.6 Å². The van der Waals surface area contributed by atoms with Gasteiger partial charge in [0.25, 0.3) is 5.91 Å². The number of hydrogen-bond acceptors (Lipinski definition) is 4. The summed E-state index contributed by atoms with van der Waals surface area (Å²) >= 11 is 0. The molecule has 1 saturated carbocycles. The van der Waals surface area contributed by atoms with E-state index in [0.717, 1.165) is 36.9 Å². The smallest absolute Gasteiger partial charge is 0.291 e. The van der Waals surface area contributed by atoms with E-state index in [0.29, 0.717) is 11.6 Å². The molecule has 0 atom stereocenters. The van der Waals surface area contributed by atoms with Crippen LogP contribution in [0.15, 0.2) is 47.1 Å². The Bertz CT molecular complexity index is 892. The molecular formula is C20H22N4O2. The second kappa shape index (κ2) is 7.15. The highest BCUT2D eigenvalue weighted by Crippen LogP contribution is 2.23. The molecule has 1 aliphatic rings. The summed E-state index contributed by atoms with van der Waals surface area (Å²) in [6.45, 7) is 2.02. The highest BCUT2D eigenvalue weighted by Gasteiger charge is 2.23. The molecule has 0 bridgehead atoms. The Morgan fingerprint density at radius 2 is 2.04 bits per heavy atom. The van der Waals surface area contributed by atoms with E-state index in [9.17, 15) is 4.79 Å². The van der Waals surface area contributed by atoms with Crippen LogP contribution in [0.1, 0.15) is 48.3 Å². The van der Waals surface area contributed by atoms with Crippen LogP contribution in [0.5, 0.6) is 0 Å². The molecule has 0 saturated heterocycles. The van der Waals surface area contributed by atoms with Gasteiger partial charge in [-0.2, -0.15) is 4.98 Å². The van der Waals surface area contributed by atoms with Crippen molar-refractivity contribution in [1.82, 2.24) is 20.1 Å². The molecule has 4 rings (SSSR count). The number of hydrogen-bond donors (Lipinski definition) is 1. The second-order valence-electron chi connectivity index (χ2n) is 6.80. The summed E-state index contributed by atoms with van der Waals surface area (Å²) in [6.07, 6.45) is 7.20. The van der Waals surface area contributed by atoms with Crippen LogP contribution in [0.3, 0.4) is 0 Å². The number of aromatic nitrogens is 3. The number of carbonyl (C=O) groups is 1. The molecule has 0 radical (unpaired) electrons. The van der Waals surface area contributed by atoms with Gasteiger partial charge in [0.1, 0.15) is 0 Å². The van der Waals surface area contributed by atoms with Gasteiger partial charge in [-0.3, -0.25) is 4.79 Å². The first-order valence-electron chi connectivity index (χ1n) is 9.09. The first-order chi connectivity index (χ1) is 12.7. The van der Waals surface area contributed by atoms with Gasteiger partial charge < -0.3 is 9.73 Å². The molecule has 1 aliphatic carbocycles. The van der Waals surface area contributed by atoms with E-state index in [-0.39, 0.29) is 17.8 Å². The molecule has 1 aromatic carbocycles. The van der Waals surface area contributed by atoms with Crippen LogP contribution < -0.4 is 5.32 Å².